The molecular formula is C14H21N3O3. The molecule has 0 bridgehead atoms. The maximum atomic E-state index is 12.3. The number of hydrogen-bond acceptors (Lipinski definition) is 4. The molecule has 1 aromatic rings. The molecule has 2 rings (SSSR count). The lowest BCUT2D eigenvalue weighted by Crippen LogP contribution is -2.40. The van der Waals surface area contributed by atoms with Crippen LogP contribution in [0.2, 0.25) is 0 Å². The summed E-state index contributed by atoms with van der Waals surface area (Å²) in [5, 5.41) is 4.20. The van der Waals surface area contributed by atoms with Crippen LogP contribution in [0.1, 0.15) is 35.9 Å². The van der Waals surface area contributed by atoms with Crippen LogP contribution in [0.15, 0.2) is 6.07 Å². The fraction of sp³-hybridized carbons (Fsp3) is 0.643. The van der Waals surface area contributed by atoms with Gasteiger partial charge < -0.3 is 9.64 Å². The van der Waals surface area contributed by atoms with E-state index in [4.69, 9.17) is 4.74 Å². The summed E-state index contributed by atoms with van der Waals surface area (Å²) in [4.78, 5) is 25.7. The number of piperidine rings is 1. The smallest absolute Gasteiger partial charge is 0.309 e. The molecular weight excluding hydrogens is 258 g/mol. The summed E-state index contributed by atoms with van der Waals surface area (Å²) in [5.41, 5.74) is 1.43. The van der Waals surface area contributed by atoms with Crippen LogP contribution in [0.25, 0.3) is 0 Å². The van der Waals surface area contributed by atoms with Gasteiger partial charge in [0.1, 0.15) is 0 Å². The molecule has 2 heterocycles. The third-order valence-electron chi connectivity index (χ3n) is 3.74. The predicted octanol–water partition coefficient (Wildman–Crippen LogP) is 1.14. The third-order valence-corrected chi connectivity index (χ3v) is 3.74. The molecule has 0 aromatic carbocycles. The molecule has 0 N–H and O–H groups in total. The molecule has 0 spiro atoms. The van der Waals surface area contributed by atoms with Gasteiger partial charge in [-0.25, -0.2) is 0 Å². The Labute approximate surface area is 118 Å². The van der Waals surface area contributed by atoms with Gasteiger partial charge in [0.15, 0.2) is 5.69 Å². The summed E-state index contributed by atoms with van der Waals surface area (Å²) in [6, 6.07) is 1.79. The molecule has 6 heteroatoms. The van der Waals surface area contributed by atoms with E-state index in [-0.39, 0.29) is 17.8 Å². The molecule has 1 saturated heterocycles. The van der Waals surface area contributed by atoms with Crippen molar-refractivity contribution in [2.45, 2.75) is 26.7 Å². The zero-order valence-corrected chi connectivity index (χ0v) is 12.3. The number of esters is 1. The molecule has 20 heavy (non-hydrogen) atoms. The Hall–Kier alpha value is -1.85. The highest BCUT2D eigenvalue weighted by Gasteiger charge is 2.29. The van der Waals surface area contributed by atoms with Crippen LogP contribution in [-0.2, 0) is 16.6 Å². The fourth-order valence-corrected chi connectivity index (χ4v) is 2.41. The third kappa shape index (κ3) is 3.00. The van der Waals surface area contributed by atoms with Gasteiger partial charge in [0, 0.05) is 25.8 Å². The predicted molar refractivity (Wildman–Crippen MR) is 73.2 cm³/mol. The number of carbonyl (C=O) groups excluding carboxylic acids is 2. The Bertz CT molecular complexity index is 482. The summed E-state index contributed by atoms with van der Waals surface area (Å²) in [7, 11) is 1.82. The maximum Gasteiger partial charge on any atom is 0.309 e. The van der Waals surface area contributed by atoms with Gasteiger partial charge in [-0.3, -0.25) is 14.3 Å². The van der Waals surface area contributed by atoms with Crippen LogP contribution in [0.5, 0.6) is 0 Å². The van der Waals surface area contributed by atoms with Crippen molar-refractivity contribution in [1.82, 2.24) is 14.7 Å². The van der Waals surface area contributed by atoms with E-state index >= 15 is 0 Å². The quantitative estimate of drug-likeness (QED) is 0.778. The average molecular weight is 279 g/mol. The molecule has 0 radical (unpaired) electrons. The Morgan fingerprint density at radius 3 is 2.55 bits per heavy atom. The molecule has 1 aliphatic heterocycles. The van der Waals surface area contributed by atoms with Crippen LogP contribution in [0.4, 0.5) is 0 Å². The number of amides is 1. The van der Waals surface area contributed by atoms with Gasteiger partial charge in [0.25, 0.3) is 5.91 Å². The van der Waals surface area contributed by atoms with Gasteiger partial charge in [0.2, 0.25) is 0 Å². The van der Waals surface area contributed by atoms with Gasteiger partial charge >= 0.3 is 5.97 Å². The van der Waals surface area contributed by atoms with Crippen molar-refractivity contribution in [1.29, 1.82) is 0 Å². The first-order chi connectivity index (χ1) is 9.52. The van der Waals surface area contributed by atoms with Crippen LogP contribution >= 0.6 is 0 Å². The van der Waals surface area contributed by atoms with Gasteiger partial charge in [-0.15, -0.1) is 0 Å². The van der Waals surface area contributed by atoms with Crippen molar-refractivity contribution >= 4 is 11.9 Å². The van der Waals surface area contributed by atoms with E-state index in [0.717, 1.165) is 5.69 Å². The molecule has 1 amide bonds. The summed E-state index contributed by atoms with van der Waals surface area (Å²) < 4.78 is 6.72. The summed E-state index contributed by atoms with van der Waals surface area (Å²) in [6.07, 6.45) is 1.33. The lowest BCUT2D eigenvalue weighted by molar-refractivity contribution is -0.149. The molecule has 0 atom stereocenters. The van der Waals surface area contributed by atoms with E-state index in [1.807, 2.05) is 14.0 Å². The number of carbonyl (C=O) groups is 2. The molecule has 0 unspecified atom stereocenters. The van der Waals surface area contributed by atoms with Crippen molar-refractivity contribution in [2.24, 2.45) is 13.0 Å². The SMILES string of the molecule is CCOC(=O)C1CCN(C(=O)c2cc(C)n(C)n2)CC1. The lowest BCUT2D eigenvalue weighted by Gasteiger charge is -2.30. The van der Waals surface area contributed by atoms with Crippen molar-refractivity contribution in [3.05, 3.63) is 17.5 Å². The monoisotopic (exact) mass is 279 g/mol. The highest BCUT2D eigenvalue weighted by molar-refractivity contribution is 5.92. The van der Waals surface area contributed by atoms with E-state index in [1.54, 1.807) is 22.6 Å². The number of aromatic nitrogens is 2. The summed E-state index contributed by atoms with van der Waals surface area (Å²) in [5.74, 6) is -0.284. The maximum absolute atomic E-state index is 12.3. The number of hydrogen-bond donors (Lipinski definition) is 0. The fourth-order valence-electron chi connectivity index (χ4n) is 2.41. The van der Waals surface area contributed by atoms with Crippen LogP contribution < -0.4 is 0 Å². The number of ether oxygens (including phenoxy) is 1. The van der Waals surface area contributed by atoms with E-state index in [1.165, 1.54) is 0 Å². The average Bonchev–Trinajstić information content (AvgIpc) is 2.78. The Morgan fingerprint density at radius 1 is 1.40 bits per heavy atom. The minimum Gasteiger partial charge on any atom is -0.466 e. The highest BCUT2D eigenvalue weighted by atomic mass is 16.5. The van der Waals surface area contributed by atoms with Crippen molar-refractivity contribution in [3.8, 4) is 0 Å². The molecule has 1 aromatic heterocycles. The van der Waals surface area contributed by atoms with E-state index in [9.17, 15) is 9.59 Å². The highest BCUT2D eigenvalue weighted by Crippen LogP contribution is 2.20. The van der Waals surface area contributed by atoms with Gasteiger partial charge in [-0.05, 0) is 32.8 Å². The van der Waals surface area contributed by atoms with Crippen LogP contribution in [0.3, 0.4) is 0 Å². The molecule has 110 valence electrons. The molecule has 1 aliphatic rings. The second-order valence-electron chi connectivity index (χ2n) is 5.11. The first-order valence-electron chi connectivity index (χ1n) is 6.99. The summed E-state index contributed by atoms with van der Waals surface area (Å²) >= 11 is 0. The normalized spacial score (nSPS) is 16.2. The zero-order valence-electron chi connectivity index (χ0n) is 12.3. The number of nitrogens with zero attached hydrogens (tertiary/aromatic N) is 3. The van der Waals surface area contributed by atoms with Crippen molar-refractivity contribution in [2.75, 3.05) is 19.7 Å². The lowest BCUT2D eigenvalue weighted by atomic mass is 9.97. The second-order valence-corrected chi connectivity index (χ2v) is 5.11. The largest absolute Gasteiger partial charge is 0.466 e. The second kappa shape index (κ2) is 6.07. The Balaban J connectivity index is 1.93. The van der Waals surface area contributed by atoms with Gasteiger partial charge in [-0.1, -0.05) is 0 Å². The van der Waals surface area contributed by atoms with Crippen molar-refractivity contribution in [3.63, 3.8) is 0 Å². The Kier molecular flexibility index (Phi) is 4.42. The van der Waals surface area contributed by atoms with Gasteiger partial charge in [-0.2, -0.15) is 5.10 Å². The van der Waals surface area contributed by atoms with Crippen LogP contribution in [0, 0.1) is 12.8 Å². The number of likely N-dealkylation sites (tertiary alicyclic amines) is 1. The molecule has 1 fully saturated rings. The zero-order chi connectivity index (χ0) is 14.7. The Morgan fingerprint density at radius 2 is 2.05 bits per heavy atom. The number of rotatable bonds is 3. The standard InChI is InChI=1S/C14H21N3O3/c1-4-20-14(19)11-5-7-17(8-6-11)13(18)12-9-10(2)16(3)15-12/h9,11H,4-8H2,1-3H3. The van der Waals surface area contributed by atoms with E-state index < -0.39 is 0 Å². The summed E-state index contributed by atoms with van der Waals surface area (Å²) in [6.45, 7) is 5.29. The topological polar surface area (TPSA) is 64.4 Å². The molecule has 6 nitrogen and oxygen atoms in total. The molecule has 0 aliphatic carbocycles. The van der Waals surface area contributed by atoms with Crippen LogP contribution in [-0.4, -0.2) is 46.3 Å². The first-order valence-corrected chi connectivity index (χ1v) is 6.99. The van der Waals surface area contributed by atoms with Crippen molar-refractivity contribution < 1.29 is 14.3 Å². The molecule has 0 saturated carbocycles. The first kappa shape index (κ1) is 14.6. The van der Waals surface area contributed by atoms with E-state index in [0.29, 0.717) is 38.2 Å². The minimum absolute atomic E-state index is 0.0593. The number of aryl methyl sites for hydroxylation is 2. The minimum atomic E-state index is -0.145. The van der Waals surface area contributed by atoms with Gasteiger partial charge in [0.05, 0.1) is 12.5 Å². The van der Waals surface area contributed by atoms with E-state index in [2.05, 4.69) is 5.10 Å².